The molecular weight excluding hydrogens is 208 g/mol. The van der Waals surface area contributed by atoms with Crippen LogP contribution in [0.15, 0.2) is 18.7 Å². The van der Waals surface area contributed by atoms with Gasteiger partial charge >= 0.3 is 5.97 Å². The minimum Gasteiger partial charge on any atom is -0.426 e. The average Bonchev–Trinajstić information content (AvgIpc) is 2.27. The van der Waals surface area contributed by atoms with E-state index in [1.807, 2.05) is 0 Å². The molecule has 0 saturated heterocycles. The first-order valence-electron chi connectivity index (χ1n) is 4.92. The zero-order valence-electron chi connectivity index (χ0n) is 8.69. The lowest BCUT2D eigenvalue weighted by Crippen LogP contribution is -2.15. The Bertz CT molecular complexity index is 462. The molecule has 2 N–H and O–H groups in total. The van der Waals surface area contributed by atoms with Crippen molar-refractivity contribution in [3.05, 3.63) is 35.4 Å². The van der Waals surface area contributed by atoms with E-state index in [0.717, 1.165) is 5.56 Å². The van der Waals surface area contributed by atoms with Crippen LogP contribution in [-0.2, 0) is 18.0 Å². The SMILES string of the molecule is C=C1CC(=O)Oc2cc(CO)c(CO)cc21. The van der Waals surface area contributed by atoms with E-state index < -0.39 is 0 Å². The van der Waals surface area contributed by atoms with Crippen LogP contribution in [0.25, 0.3) is 5.57 Å². The van der Waals surface area contributed by atoms with Crippen LogP contribution in [0.4, 0.5) is 0 Å². The van der Waals surface area contributed by atoms with Gasteiger partial charge in [-0.25, -0.2) is 0 Å². The molecule has 1 aliphatic rings. The van der Waals surface area contributed by atoms with Crippen molar-refractivity contribution in [3.63, 3.8) is 0 Å². The van der Waals surface area contributed by atoms with Gasteiger partial charge in [-0.15, -0.1) is 0 Å². The molecule has 1 aromatic carbocycles. The smallest absolute Gasteiger partial charge is 0.315 e. The number of ether oxygens (including phenoxy) is 1. The van der Waals surface area contributed by atoms with Gasteiger partial charge in [0.25, 0.3) is 0 Å². The van der Waals surface area contributed by atoms with Gasteiger partial charge in [-0.1, -0.05) is 6.58 Å². The molecule has 0 saturated carbocycles. The lowest BCUT2D eigenvalue weighted by atomic mass is 9.96. The summed E-state index contributed by atoms with van der Waals surface area (Å²) >= 11 is 0. The molecule has 4 heteroatoms. The van der Waals surface area contributed by atoms with Gasteiger partial charge in [0.05, 0.1) is 19.6 Å². The molecule has 0 bridgehead atoms. The summed E-state index contributed by atoms with van der Waals surface area (Å²) in [4.78, 5) is 11.2. The van der Waals surface area contributed by atoms with E-state index in [2.05, 4.69) is 6.58 Å². The molecule has 4 nitrogen and oxygen atoms in total. The highest BCUT2D eigenvalue weighted by Gasteiger charge is 2.22. The van der Waals surface area contributed by atoms with Crippen LogP contribution in [0.3, 0.4) is 0 Å². The molecule has 16 heavy (non-hydrogen) atoms. The quantitative estimate of drug-likeness (QED) is 0.576. The van der Waals surface area contributed by atoms with Crippen LogP contribution >= 0.6 is 0 Å². The molecule has 0 unspecified atom stereocenters. The van der Waals surface area contributed by atoms with E-state index in [9.17, 15) is 4.79 Å². The molecular formula is C12H12O4. The van der Waals surface area contributed by atoms with Crippen LogP contribution in [0, 0.1) is 0 Å². The summed E-state index contributed by atoms with van der Waals surface area (Å²) in [5.74, 6) is 0.0561. The lowest BCUT2D eigenvalue weighted by molar-refractivity contribution is -0.133. The summed E-state index contributed by atoms with van der Waals surface area (Å²) in [5, 5.41) is 18.2. The molecule has 0 aromatic heterocycles. The van der Waals surface area contributed by atoms with E-state index in [0.29, 0.717) is 22.4 Å². The molecule has 0 fully saturated rings. The Labute approximate surface area is 92.8 Å². The molecule has 1 heterocycles. The first-order valence-corrected chi connectivity index (χ1v) is 4.92. The van der Waals surface area contributed by atoms with E-state index in [-0.39, 0.29) is 25.6 Å². The third-order valence-corrected chi connectivity index (χ3v) is 2.60. The predicted octanol–water partition coefficient (Wildman–Crippen LogP) is 0.994. The largest absolute Gasteiger partial charge is 0.426 e. The van der Waals surface area contributed by atoms with Crippen LogP contribution in [0.2, 0.25) is 0 Å². The van der Waals surface area contributed by atoms with Gasteiger partial charge in [0.15, 0.2) is 0 Å². The fourth-order valence-corrected chi connectivity index (χ4v) is 1.75. The van der Waals surface area contributed by atoms with Gasteiger partial charge in [-0.3, -0.25) is 4.79 Å². The van der Waals surface area contributed by atoms with Crippen molar-refractivity contribution >= 4 is 11.5 Å². The summed E-state index contributed by atoms with van der Waals surface area (Å²) in [7, 11) is 0. The Morgan fingerprint density at radius 2 is 1.88 bits per heavy atom. The number of esters is 1. The maximum absolute atomic E-state index is 11.2. The minimum absolute atomic E-state index is 0.162. The zero-order valence-corrected chi connectivity index (χ0v) is 8.69. The first-order chi connectivity index (χ1) is 7.65. The van der Waals surface area contributed by atoms with E-state index in [1.165, 1.54) is 0 Å². The molecule has 0 aliphatic carbocycles. The van der Waals surface area contributed by atoms with Crippen molar-refractivity contribution in [1.82, 2.24) is 0 Å². The molecule has 84 valence electrons. The standard InChI is InChI=1S/C12H12O4/c1-7-2-12(15)16-11-4-9(6-14)8(5-13)3-10(7)11/h3-4,13-14H,1-2,5-6H2. The van der Waals surface area contributed by atoms with Gasteiger partial charge in [0.2, 0.25) is 0 Å². The summed E-state index contributed by atoms with van der Waals surface area (Å²) < 4.78 is 5.05. The fraction of sp³-hybridized carbons (Fsp3) is 0.250. The van der Waals surface area contributed by atoms with Crippen molar-refractivity contribution in [2.75, 3.05) is 0 Å². The second-order valence-corrected chi connectivity index (χ2v) is 3.69. The van der Waals surface area contributed by atoms with Crippen LogP contribution < -0.4 is 4.74 Å². The molecule has 2 rings (SSSR count). The number of fused-ring (bicyclic) bond motifs is 1. The van der Waals surface area contributed by atoms with E-state index >= 15 is 0 Å². The highest BCUT2D eigenvalue weighted by atomic mass is 16.5. The Balaban J connectivity index is 2.56. The molecule has 0 radical (unpaired) electrons. The fourth-order valence-electron chi connectivity index (χ4n) is 1.75. The van der Waals surface area contributed by atoms with Crippen molar-refractivity contribution in [2.24, 2.45) is 0 Å². The normalized spacial score (nSPS) is 14.6. The second kappa shape index (κ2) is 4.08. The third kappa shape index (κ3) is 1.73. The number of carbonyl (C=O) groups excluding carboxylic acids is 1. The average molecular weight is 220 g/mol. The van der Waals surface area contributed by atoms with Crippen molar-refractivity contribution < 1.29 is 19.7 Å². The van der Waals surface area contributed by atoms with E-state index in [4.69, 9.17) is 14.9 Å². The third-order valence-electron chi connectivity index (χ3n) is 2.60. The van der Waals surface area contributed by atoms with Gasteiger partial charge in [0, 0.05) is 5.56 Å². The van der Waals surface area contributed by atoms with Gasteiger partial charge in [0.1, 0.15) is 5.75 Å². The summed E-state index contributed by atoms with van der Waals surface area (Å²) in [6.45, 7) is 3.43. The highest BCUT2D eigenvalue weighted by Crippen LogP contribution is 2.34. The first kappa shape index (κ1) is 10.9. The molecule has 0 amide bonds. The van der Waals surface area contributed by atoms with Gasteiger partial charge < -0.3 is 14.9 Å². The Hall–Kier alpha value is -1.65. The summed E-state index contributed by atoms with van der Waals surface area (Å²) in [6, 6.07) is 3.28. The van der Waals surface area contributed by atoms with Crippen LogP contribution in [0.1, 0.15) is 23.1 Å². The molecule has 1 aliphatic heterocycles. The van der Waals surface area contributed by atoms with Gasteiger partial charge in [-0.2, -0.15) is 0 Å². The lowest BCUT2D eigenvalue weighted by Gasteiger charge is -2.19. The van der Waals surface area contributed by atoms with Gasteiger partial charge in [-0.05, 0) is 28.8 Å². The minimum atomic E-state index is -0.349. The summed E-state index contributed by atoms with van der Waals surface area (Å²) in [6.07, 6.45) is 0.163. The van der Waals surface area contributed by atoms with Crippen molar-refractivity contribution in [3.8, 4) is 5.75 Å². The predicted molar refractivity (Wildman–Crippen MR) is 57.6 cm³/mol. The summed E-state index contributed by atoms with van der Waals surface area (Å²) in [5.41, 5.74) is 2.58. The Morgan fingerprint density at radius 1 is 1.25 bits per heavy atom. The highest BCUT2D eigenvalue weighted by molar-refractivity contribution is 5.91. The van der Waals surface area contributed by atoms with Crippen molar-refractivity contribution in [2.45, 2.75) is 19.6 Å². The molecule has 0 spiro atoms. The Morgan fingerprint density at radius 3 is 2.50 bits per heavy atom. The van der Waals surface area contributed by atoms with Crippen LogP contribution in [-0.4, -0.2) is 16.2 Å². The van der Waals surface area contributed by atoms with Crippen LogP contribution in [0.5, 0.6) is 5.75 Å². The van der Waals surface area contributed by atoms with Crippen molar-refractivity contribution in [1.29, 1.82) is 0 Å². The number of aliphatic hydroxyl groups excluding tert-OH is 2. The monoisotopic (exact) mass is 220 g/mol. The number of rotatable bonds is 2. The van der Waals surface area contributed by atoms with E-state index in [1.54, 1.807) is 12.1 Å². The zero-order chi connectivity index (χ0) is 11.7. The maximum Gasteiger partial charge on any atom is 0.315 e. The number of aliphatic hydroxyl groups is 2. The number of hydrogen-bond acceptors (Lipinski definition) is 4. The second-order valence-electron chi connectivity index (χ2n) is 3.69. The maximum atomic E-state index is 11.2. The molecule has 0 atom stereocenters. The Kier molecular flexibility index (Phi) is 2.77. The number of benzene rings is 1. The topological polar surface area (TPSA) is 66.8 Å². The molecule has 1 aromatic rings. The number of hydrogen-bond donors (Lipinski definition) is 2. The number of carbonyl (C=O) groups is 1.